The summed E-state index contributed by atoms with van der Waals surface area (Å²) >= 11 is 2.14. The second kappa shape index (κ2) is 8.87. The normalized spacial score (nSPS) is 13.6. The Kier molecular flexibility index (Phi) is 5.99. The number of hydrogen-bond acceptors (Lipinski definition) is 5. The lowest BCUT2D eigenvalue weighted by molar-refractivity contribution is -0.384. The summed E-state index contributed by atoms with van der Waals surface area (Å²) in [5.74, 6) is -1.70. The number of nitro benzene ring substituents is 1. The second-order valence-electron chi connectivity index (χ2n) is 7.17. The minimum Gasteiger partial charge on any atom is -0.324 e. The summed E-state index contributed by atoms with van der Waals surface area (Å²) in [6.07, 6.45) is -0.0661. The molecular formula is C23H16IN3O5. The topological polar surface area (TPSA) is 110 Å². The average Bonchev–Trinajstić information content (AvgIpc) is 3.04. The summed E-state index contributed by atoms with van der Waals surface area (Å²) in [4.78, 5) is 50.9. The third-order valence-electron chi connectivity index (χ3n) is 5.10. The van der Waals surface area contributed by atoms with Gasteiger partial charge in [0.25, 0.3) is 17.5 Å². The Morgan fingerprint density at radius 2 is 1.59 bits per heavy atom. The molecule has 0 bridgehead atoms. The fourth-order valence-electron chi connectivity index (χ4n) is 3.57. The zero-order valence-electron chi connectivity index (χ0n) is 16.5. The van der Waals surface area contributed by atoms with Gasteiger partial charge in [-0.15, -0.1) is 0 Å². The number of carbonyl (C=O) groups excluding carboxylic acids is 3. The lowest BCUT2D eigenvalue weighted by Crippen LogP contribution is -2.48. The summed E-state index contributed by atoms with van der Waals surface area (Å²) in [7, 11) is 0. The van der Waals surface area contributed by atoms with Gasteiger partial charge in [-0.05, 0) is 64.6 Å². The molecule has 1 atom stereocenters. The quantitative estimate of drug-likeness (QED) is 0.219. The van der Waals surface area contributed by atoms with Gasteiger partial charge >= 0.3 is 0 Å². The number of rotatable bonds is 6. The number of anilines is 1. The van der Waals surface area contributed by atoms with Gasteiger partial charge in [0.15, 0.2) is 0 Å². The van der Waals surface area contributed by atoms with Crippen LogP contribution in [0.4, 0.5) is 11.4 Å². The molecule has 0 saturated carbocycles. The Bertz CT molecular complexity index is 1210. The van der Waals surface area contributed by atoms with Crippen LogP contribution in [0, 0.1) is 13.7 Å². The molecule has 32 heavy (non-hydrogen) atoms. The summed E-state index contributed by atoms with van der Waals surface area (Å²) in [5, 5.41) is 13.9. The summed E-state index contributed by atoms with van der Waals surface area (Å²) in [5.41, 5.74) is 1.28. The van der Waals surface area contributed by atoms with E-state index in [2.05, 4.69) is 27.9 Å². The highest BCUT2D eigenvalue weighted by atomic mass is 127. The van der Waals surface area contributed by atoms with Crippen molar-refractivity contribution >= 4 is 51.7 Å². The van der Waals surface area contributed by atoms with E-state index in [0.29, 0.717) is 11.3 Å². The van der Waals surface area contributed by atoms with Crippen LogP contribution in [-0.4, -0.2) is 33.6 Å². The van der Waals surface area contributed by atoms with Crippen molar-refractivity contribution in [3.05, 3.63) is 103 Å². The van der Waals surface area contributed by atoms with Crippen molar-refractivity contribution in [3.8, 4) is 0 Å². The van der Waals surface area contributed by atoms with Crippen LogP contribution in [0.15, 0.2) is 72.8 Å². The molecule has 0 aromatic heterocycles. The van der Waals surface area contributed by atoms with Crippen molar-refractivity contribution in [2.75, 3.05) is 5.32 Å². The molecule has 3 aromatic carbocycles. The van der Waals surface area contributed by atoms with E-state index in [1.165, 1.54) is 30.3 Å². The minimum atomic E-state index is -1.19. The molecule has 9 heteroatoms. The summed E-state index contributed by atoms with van der Waals surface area (Å²) in [6.45, 7) is 0. The molecule has 0 radical (unpaired) electrons. The van der Waals surface area contributed by atoms with Crippen LogP contribution in [0.25, 0.3) is 0 Å². The molecule has 0 spiro atoms. The van der Waals surface area contributed by atoms with E-state index in [1.54, 1.807) is 30.3 Å². The number of non-ortho nitro benzene ring substituents is 1. The largest absolute Gasteiger partial charge is 0.324 e. The van der Waals surface area contributed by atoms with Gasteiger partial charge in [-0.2, -0.15) is 0 Å². The molecule has 1 aliphatic heterocycles. The van der Waals surface area contributed by atoms with Gasteiger partial charge in [-0.1, -0.05) is 24.3 Å². The number of fused-ring (bicyclic) bond motifs is 1. The summed E-state index contributed by atoms with van der Waals surface area (Å²) in [6, 6.07) is 18.0. The zero-order valence-corrected chi connectivity index (χ0v) is 18.7. The number of hydrogen-bond donors (Lipinski definition) is 1. The molecule has 4 rings (SSSR count). The van der Waals surface area contributed by atoms with Gasteiger partial charge in [0, 0.05) is 27.8 Å². The highest BCUT2D eigenvalue weighted by molar-refractivity contribution is 14.1. The lowest BCUT2D eigenvalue weighted by atomic mass is 10.0. The maximum Gasteiger partial charge on any atom is 0.269 e. The number of carbonyl (C=O) groups is 3. The maximum absolute atomic E-state index is 13.3. The predicted octanol–water partition coefficient (Wildman–Crippen LogP) is 4.05. The van der Waals surface area contributed by atoms with Gasteiger partial charge in [0.05, 0.1) is 16.1 Å². The van der Waals surface area contributed by atoms with E-state index < -0.39 is 28.7 Å². The predicted molar refractivity (Wildman–Crippen MR) is 125 cm³/mol. The van der Waals surface area contributed by atoms with E-state index in [0.717, 1.165) is 8.47 Å². The Morgan fingerprint density at radius 1 is 0.969 bits per heavy atom. The van der Waals surface area contributed by atoms with Crippen LogP contribution < -0.4 is 5.32 Å². The molecule has 1 heterocycles. The SMILES string of the molecule is O=C(Nc1ccc(I)cc1)C(Cc1cccc([N+](=O)[O-])c1)N1C(=O)c2ccccc2C1=O. The van der Waals surface area contributed by atoms with E-state index >= 15 is 0 Å². The number of benzene rings is 3. The van der Waals surface area contributed by atoms with Gasteiger partial charge in [-0.3, -0.25) is 29.4 Å². The molecule has 1 aliphatic rings. The number of nitrogens with one attached hydrogen (secondary N) is 1. The fraction of sp³-hybridized carbons (Fsp3) is 0.0870. The molecular weight excluding hydrogens is 525 g/mol. The molecule has 0 fully saturated rings. The lowest BCUT2D eigenvalue weighted by Gasteiger charge is -2.25. The van der Waals surface area contributed by atoms with Crippen LogP contribution in [0.2, 0.25) is 0 Å². The minimum absolute atomic E-state index is 0.0661. The standard InChI is InChI=1S/C23H16IN3O5/c24-15-8-10-16(11-9-15)25-21(28)20(13-14-4-3-5-17(12-14)27(31)32)26-22(29)18-6-1-2-7-19(18)23(26)30/h1-12,20H,13H2,(H,25,28). The first-order chi connectivity index (χ1) is 15.3. The summed E-state index contributed by atoms with van der Waals surface area (Å²) < 4.78 is 0.981. The van der Waals surface area contributed by atoms with Crippen LogP contribution in [0.5, 0.6) is 0 Å². The van der Waals surface area contributed by atoms with Crippen LogP contribution in [0.3, 0.4) is 0 Å². The first-order valence-corrected chi connectivity index (χ1v) is 10.7. The van der Waals surface area contributed by atoms with Crippen LogP contribution >= 0.6 is 22.6 Å². The highest BCUT2D eigenvalue weighted by Crippen LogP contribution is 2.27. The third-order valence-corrected chi connectivity index (χ3v) is 5.82. The molecule has 1 N–H and O–H groups in total. The van der Waals surface area contributed by atoms with E-state index in [4.69, 9.17) is 0 Å². The maximum atomic E-state index is 13.3. The number of imide groups is 1. The van der Waals surface area contributed by atoms with E-state index in [-0.39, 0.29) is 23.2 Å². The highest BCUT2D eigenvalue weighted by Gasteiger charge is 2.42. The number of halogens is 1. The van der Waals surface area contributed by atoms with Crippen molar-refractivity contribution in [2.45, 2.75) is 12.5 Å². The van der Waals surface area contributed by atoms with Gasteiger partial charge in [-0.25, -0.2) is 0 Å². The van der Waals surface area contributed by atoms with Crippen LogP contribution in [-0.2, 0) is 11.2 Å². The molecule has 8 nitrogen and oxygen atoms in total. The Balaban J connectivity index is 1.69. The Labute approximate surface area is 196 Å². The van der Waals surface area contributed by atoms with Gasteiger partial charge < -0.3 is 5.32 Å². The molecule has 3 aromatic rings. The first-order valence-electron chi connectivity index (χ1n) is 9.62. The van der Waals surface area contributed by atoms with Crippen molar-refractivity contribution in [1.82, 2.24) is 4.90 Å². The second-order valence-corrected chi connectivity index (χ2v) is 8.41. The molecule has 1 unspecified atom stereocenters. The molecule has 3 amide bonds. The Hall–Kier alpha value is -3.60. The van der Waals surface area contributed by atoms with E-state index in [9.17, 15) is 24.5 Å². The molecule has 0 saturated heterocycles. The number of nitro groups is 1. The van der Waals surface area contributed by atoms with E-state index in [1.807, 2.05) is 12.1 Å². The first kappa shape index (κ1) is 21.6. The average molecular weight is 541 g/mol. The zero-order chi connectivity index (χ0) is 22.8. The number of nitrogens with zero attached hydrogens (tertiary/aromatic N) is 2. The molecule has 0 aliphatic carbocycles. The van der Waals surface area contributed by atoms with Gasteiger partial charge in [0.1, 0.15) is 6.04 Å². The van der Waals surface area contributed by atoms with Crippen molar-refractivity contribution in [1.29, 1.82) is 0 Å². The monoisotopic (exact) mass is 541 g/mol. The smallest absolute Gasteiger partial charge is 0.269 e. The van der Waals surface area contributed by atoms with Crippen molar-refractivity contribution < 1.29 is 19.3 Å². The Morgan fingerprint density at radius 3 is 2.19 bits per heavy atom. The van der Waals surface area contributed by atoms with Crippen molar-refractivity contribution in [3.63, 3.8) is 0 Å². The van der Waals surface area contributed by atoms with Gasteiger partial charge in [0.2, 0.25) is 5.91 Å². The van der Waals surface area contributed by atoms with Crippen LogP contribution in [0.1, 0.15) is 26.3 Å². The molecule has 160 valence electrons. The third kappa shape index (κ3) is 4.24. The van der Waals surface area contributed by atoms with Crippen molar-refractivity contribution in [2.24, 2.45) is 0 Å². The fourth-order valence-corrected chi connectivity index (χ4v) is 3.93. The number of amides is 3.